The number of carbonyl (C=O) groups is 1. The lowest BCUT2D eigenvalue weighted by molar-refractivity contribution is -0.481. The molecular formula is C20H26O7. The van der Waals surface area contributed by atoms with Crippen LogP contribution in [0.2, 0.25) is 0 Å². The first-order chi connectivity index (χ1) is 13.1. The fraction of sp³-hybridized carbons (Fsp3) is 0.650. The van der Waals surface area contributed by atoms with Gasteiger partial charge in [-0.25, -0.2) is 0 Å². The van der Waals surface area contributed by atoms with Gasteiger partial charge in [0, 0.05) is 27.1 Å². The Morgan fingerprint density at radius 1 is 1.04 bits per heavy atom. The van der Waals surface area contributed by atoms with Gasteiger partial charge in [-0.05, 0) is 18.4 Å². The Labute approximate surface area is 158 Å². The Hall–Kier alpha value is -1.35. The van der Waals surface area contributed by atoms with E-state index in [0.717, 1.165) is 18.4 Å². The van der Waals surface area contributed by atoms with Gasteiger partial charge in [-0.15, -0.1) is 0 Å². The second-order valence-corrected chi connectivity index (χ2v) is 7.18. The number of ketones is 1. The molecule has 148 valence electrons. The monoisotopic (exact) mass is 378 g/mol. The van der Waals surface area contributed by atoms with Crippen molar-refractivity contribution >= 4 is 5.78 Å². The van der Waals surface area contributed by atoms with E-state index < -0.39 is 30.1 Å². The van der Waals surface area contributed by atoms with Gasteiger partial charge < -0.3 is 28.4 Å². The molecule has 1 aromatic rings. The summed E-state index contributed by atoms with van der Waals surface area (Å²) < 4.78 is 35.7. The van der Waals surface area contributed by atoms with Crippen molar-refractivity contribution in [3.8, 4) is 0 Å². The zero-order valence-electron chi connectivity index (χ0n) is 15.7. The molecule has 2 saturated heterocycles. The minimum atomic E-state index is -1.10. The molecule has 4 rings (SSSR count). The molecule has 7 heteroatoms. The maximum Gasteiger partial charge on any atom is 0.224 e. The van der Waals surface area contributed by atoms with Gasteiger partial charge >= 0.3 is 0 Å². The van der Waals surface area contributed by atoms with Gasteiger partial charge in [-0.3, -0.25) is 4.79 Å². The summed E-state index contributed by atoms with van der Waals surface area (Å²) >= 11 is 0. The molecule has 0 aromatic heterocycles. The quantitative estimate of drug-likeness (QED) is 0.777. The number of fused-ring (bicyclic) bond motifs is 2. The van der Waals surface area contributed by atoms with Gasteiger partial charge in [0.1, 0.15) is 12.7 Å². The highest BCUT2D eigenvalue weighted by Gasteiger charge is 2.66. The minimum Gasteiger partial charge on any atom is -0.349 e. The molecule has 0 radical (unpaired) electrons. The minimum absolute atomic E-state index is 0.0796. The molecule has 0 N–H and O–H groups in total. The van der Waals surface area contributed by atoms with E-state index in [2.05, 4.69) is 0 Å². The average molecular weight is 378 g/mol. The van der Waals surface area contributed by atoms with E-state index in [0.29, 0.717) is 19.4 Å². The van der Waals surface area contributed by atoms with E-state index in [-0.39, 0.29) is 12.4 Å². The van der Waals surface area contributed by atoms with Crippen molar-refractivity contribution in [1.29, 1.82) is 0 Å². The van der Waals surface area contributed by atoms with Crippen LogP contribution < -0.4 is 0 Å². The molecule has 0 unspecified atom stereocenters. The molecule has 7 nitrogen and oxygen atoms in total. The number of benzene rings is 1. The van der Waals surface area contributed by atoms with Crippen LogP contribution in [0.3, 0.4) is 0 Å². The van der Waals surface area contributed by atoms with Crippen LogP contribution in [-0.2, 0) is 39.8 Å². The Kier molecular flexibility index (Phi) is 5.33. The van der Waals surface area contributed by atoms with Crippen LogP contribution in [0.5, 0.6) is 0 Å². The zero-order valence-corrected chi connectivity index (χ0v) is 15.7. The van der Waals surface area contributed by atoms with Crippen LogP contribution in [0, 0.1) is 0 Å². The normalized spacial score (nSPS) is 38.9. The van der Waals surface area contributed by atoms with Crippen LogP contribution in [0.1, 0.15) is 31.2 Å². The first-order valence-corrected chi connectivity index (χ1v) is 9.39. The van der Waals surface area contributed by atoms with Crippen molar-refractivity contribution in [2.45, 2.75) is 62.4 Å². The van der Waals surface area contributed by atoms with Crippen molar-refractivity contribution < 1.29 is 33.2 Å². The van der Waals surface area contributed by atoms with Crippen molar-refractivity contribution in [3.05, 3.63) is 35.9 Å². The van der Waals surface area contributed by atoms with Gasteiger partial charge in [0.25, 0.3) is 0 Å². The molecule has 0 spiro atoms. The smallest absolute Gasteiger partial charge is 0.224 e. The molecule has 2 heterocycles. The number of hydrogen-bond donors (Lipinski definition) is 0. The summed E-state index contributed by atoms with van der Waals surface area (Å²) in [7, 11) is 3.14. The molecule has 0 bridgehead atoms. The molecule has 1 saturated carbocycles. The van der Waals surface area contributed by atoms with Crippen molar-refractivity contribution in [2.24, 2.45) is 0 Å². The van der Waals surface area contributed by atoms with Gasteiger partial charge in [-0.1, -0.05) is 30.3 Å². The maximum absolute atomic E-state index is 12.5. The lowest BCUT2D eigenvalue weighted by Crippen LogP contribution is -2.73. The molecule has 0 amide bonds. The Morgan fingerprint density at radius 2 is 1.70 bits per heavy atom. The summed E-state index contributed by atoms with van der Waals surface area (Å²) in [5.41, 5.74) is 1.01. The third-order valence-corrected chi connectivity index (χ3v) is 5.68. The SMILES string of the molecule is CO[C@]12CCCC[C@@]1(OC)O[C@H]1[C@@H](OCc3ccccc3)OCC(=O)[C@@H]1O2. The summed E-state index contributed by atoms with van der Waals surface area (Å²) in [6.07, 6.45) is 0.807. The van der Waals surface area contributed by atoms with E-state index in [9.17, 15) is 4.79 Å². The summed E-state index contributed by atoms with van der Waals surface area (Å²) in [5.74, 6) is -2.36. The lowest BCUT2D eigenvalue weighted by atomic mass is 9.84. The molecule has 3 fully saturated rings. The Balaban J connectivity index is 1.57. The number of rotatable bonds is 5. The molecule has 3 aliphatic rings. The van der Waals surface area contributed by atoms with Gasteiger partial charge in [0.15, 0.2) is 18.2 Å². The second-order valence-electron chi connectivity index (χ2n) is 7.18. The largest absolute Gasteiger partial charge is 0.349 e. The molecule has 2 aliphatic heterocycles. The molecule has 1 aromatic carbocycles. The average Bonchev–Trinajstić information content (AvgIpc) is 2.72. The van der Waals surface area contributed by atoms with Crippen LogP contribution in [0.15, 0.2) is 30.3 Å². The zero-order chi connectivity index (χ0) is 18.9. The van der Waals surface area contributed by atoms with E-state index >= 15 is 0 Å². The standard InChI is InChI=1S/C20H26O7/c1-22-19-10-6-7-11-20(19,23-2)27-17-16(26-19)15(21)13-25-18(17)24-12-14-8-4-3-5-9-14/h3-5,8-9,16-18H,6-7,10-13H2,1-2H3/t16-,17+,18-,19-,20+/m0/s1. The lowest BCUT2D eigenvalue weighted by Gasteiger charge is -2.57. The summed E-state index contributed by atoms with van der Waals surface area (Å²) in [4.78, 5) is 12.5. The van der Waals surface area contributed by atoms with Crippen molar-refractivity contribution in [1.82, 2.24) is 0 Å². The van der Waals surface area contributed by atoms with Crippen molar-refractivity contribution in [2.75, 3.05) is 20.8 Å². The van der Waals surface area contributed by atoms with E-state index in [1.54, 1.807) is 14.2 Å². The van der Waals surface area contributed by atoms with Crippen LogP contribution in [0.4, 0.5) is 0 Å². The fourth-order valence-electron chi connectivity index (χ4n) is 4.24. The topological polar surface area (TPSA) is 72.5 Å². The number of hydrogen-bond acceptors (Lipinski definition) is 7. The van der Waals surface area contributed by atoms with Crippen LogP contribution in [0.25, 0.3) is 0 Å². The highest BCUT2D eigenvalue weighted by Crippen LogP contribution is 2.50. The number of methoxy groups -OCH3 is 2. The van der Waals surface area contributed by atoms with E-state index in [1.165, 1.54) is 0 Å². The fourth-order valence-corrected chi connectivity index (χ4v) is 4.24. The predicted molar refractivity (Wildman–Crippen MR) is 93.7 cm³/mol. The van der Waals surface area contributed by atoms with Crippen LogP contribution >= 0.6 is 0 Å². The molecule has 5 atom stereocenters. The summed E-state index contributed by atoms with van der Waals surface area (Å²) in [6.45, 7) is 0.269. The Morgan fingerprint density at radius 3 is 2.37 bits per heavy atom. The Bertz CT molecular complexity index is 666. The number of ether oxygens (including phenoxy) is 6. The maximum atomic E-state index is 12.5. The van der Waals surface area contributed by atoms with Gasteiger partial charge in [0.2, 0.25) is 11.6 Å². The highest BCUT2D eigenvalue weighted by atomic mass is 16.8. The first kappa shape index (κ1) is 19.0. The van der Waals surface area contributed by atoms with E-state index in [4.69, 9.17) is 28.4 Å². The third-order valence-electron chi connectivity index (χ3n) is 5.68. The molecular weight excluding hydrogens is 352 g/mol. The third kappa shape index (κ3) is 3.22. The van der Waals surface area contributed by atoms with Gasteiger partial charge in [0.05, 0.1) is 6.61 Å². The second kappa shape index (κ2) is 7.58. The van der Waals surface area contributed by atoms with Gasteiger partial charge in [-0.2, -0.15) is 0 Å². The highest BCUT2D eigenvalue weighted by molar-refractivity contribution is 5.85. The summed E-state index contributed by atoms with van der Waals surface area (Å²) in [5, 5.41) is 0. The van der Waals surface area contributed by atoms with Crippen molar-refractivity contribution in [3.63, 3.8) is 0 Å². The van der Waals surface area contributed by atoms with Crippen LogP contribution in [-0.4, -0.2) is 56.7 Å². The van der Waals surface area contributed by atoms with E-state index in [1.807, 2.05) is 30.3 Å². The first-order valence-electron chi connectivity index (χ1n) is 9.39. The number of carbonyl (C=O) groups excluding carboxylic acids is 1. The predicted octanol–water partition coefficient (Wildman–Crippen LogP) is 2.17. The summed E-state index contributed by atoms with van der Waals surface area (Å²) in [6, 6.07) is 9.78. The molecule has 27 heavy (non-hydrogen) atoms. The molecule has 1 aliphatic carbocycles. The number of Topliss-reactive ketones (excluding diaryl/α,β-unsaturated/α-hetero) is 1.